The van der Waals surface area contributed by atoms with Crippen molar-refractivity contribution in [2.45, 2.75) is 275 Å². The average Bonchev–Trinajstić information content (AvgIpc) is 0.924. The number of carbonyl (C=O) groups is 12. The first-order valence-electron chi connectivity index (χ1n) is 39.1. The number of alkyl halides is 4. The summed E-state index contributed by atoms with van der Waals surface area (Å²) in [6, 6.07) is -10.1. The number of amides is 12. The third-order valence-corrected chi connectivity index (χ3v) is 24.3. The van der Waals surface area contributed by atoms with Gasteiger partial charge in [0.25, 0.3) is 0 Å². The van der Waals surface area contributed by atoms with Crippen LogP contribution >= 0.6 is 11.6 Å². The predicted octanol–water partition coefficient (Wildman–Crippen LogP) is 6.91. The molecule has 3 unspecified atom stereocenters. The molecular formula is C77H124ClF3N12O13. The molecule has 6 fully saturated rings. The van der Waals surface area contributed by atoms with E-state index in [1.54, 1.807) is 19.9 Å². The number of hydrogen-bond donors (Lipinski definition) is 3. The summed E-state index contributed by atoms with van der Waals surface area (Å²) in [5.41, 5.74) is -2.17. The van der Waals surface area contributed by atoms with E-state index in [-0.39, 0.29) is 115 Å². The topological polar surface area (TPSA) is 279 Å². The average molecular weight is 1520 g/mol. The van der Waals surface area contributed by atoms with Crippen molar-refractivity contribution < 1.29 is 75.4 Å². The Kier molecular flexibility index (Phi) is 30.8. The number of nitrogens with one attached hydrogen (secondary N) is 3. The summed E-state index contributed by atoms with van der Waals surface area (Å²) in [4.78, 5) is 194. The monoisotopic (exact) mass is 1520 g/mol. The molecule has 29 heteroatoms. The van der Waals surface area contributed by atoms with Gasteiger partial charge < -0.3 is 64.8 Å². The minimum atomic E-state index is -4.53. The van der Waals surface area contributed by atoms with E-state index in [0.29, 0.717) is 31.6 Å². The van der Waals surface area contributed by atoms with E-state index in [2.05, 4.69) is 22.9 Å². The molecule has 0 radical (unpaired) electrons. The van der Waals surface area contributed by atoms with Crippen molar-refractivity contribution in [3.8, 4) is 0 Å². The van der Waals surface area contributed by atoms with Crippen molar-refractivity contribution in [2.24, 2.45) is 40.9 Å². The molecule has 0 aromatic heterocycles. The molecule has 7 aliphatic rings. The molecule has 12 atom stereocenters. The van der Waals surface area contributed by atoms with Gasteiger partial charge in [-0.15, -0.1) is 11.6 Å². The van der Waals surface area contributed by atoms with Crippen LogP contribution in [0.4, 0.5) is 13.2 Å². The van der Waals surface area contributed by atoms with Crippen LogP contribution in [-0.4, -0.2) is 275 Å². The normalized spacial score (nSPS) is 31.7. The smallest absolute Gasteiger partial charge is 0.377 e. The van der Waals surface area contributed by atoms with Crippen molar-refractivity contribution in [2.75, 3.05) is 88.7 Å². The first-order chi connectivity index (χ1) is 49.8. The lowest BCUT2D eigenvalue weighted by Crippen LogP contribution is -2.71. The summed E-state index contributed by atoms with van der Waals surface area (Å²) in [5, 5.41) is 7.63. The highest BCUT2D eigenvalue weighted by Gasteiger charge is 2.59. The highest BCUT2D eigenvalue weighted by Crippen LogP contribution is 2.50. The van der Waals surface area contributed by atoms with Gasteiger partial charge in [-0.3, -0.25) is 57.5 Å². The van der Waals surface area contributed by atoms with Gasteiger partial charge in [0.1, 0.15) is 53.9 Å². The quantitative estimate of drug-likeness (QED) is 0.118. The van der Waals surface area contributed by atoms with Crippen LogP contribution in [0.1, 0.15) is 203 Å². The van der Waals surface area contributed by atoms with Crippen molar-refractivity contribution in [3.63, 3.8) is 0 Å². The fraction of sp³-hybridized carbons (Fsp3) is 0.818. The molecule has 3 N–H and O–H groups in total. The van der Waals surface area contributed by atoms with Crippen LogP contribution in [0.15, 0.2) is 12.2 Å². The molecule has 4 aliphatic carbocycles. The Morgan fingerprint density at radius 3 is 1.92 bits per heavy atom. The van der Waals surface area contributed by atoms with E-state index in [1.165, 1.54) is 93.4 Å². The number of halogens is 4. The molecule has 106 heavy (non-hydrogen) atoms. The van der Waals surface area contributed by atoms with E-state index in [9.17, 15) is 41.9 Å². The van der Waals surface area contributed by atoms with Crippen LogP contribution in [0.25, 0.3) is 0 Å². The fourth-order valence-electron chi connectivity index (χ4n) is 17.9. The van der Waals surface area contributed by atoms with Crippen molar-refractivity contribution >= 4 is 82.5 Å². The van der Waals surface area contributed by atoms with Crippen molar-refractivity contribution in [3.05, 3.63) is 12.2 Å². The maximum absolute atomic E-state index is 15.8. The van der Waals surface area contributed by atoms with Gasteiger partial charge in [0.15, 0.2) is 0 Å². The van der Waals surface area contributed by atoms with Gasteiger partial charge in [0, 0.05) is 87.4 Å². The van der Waals surface area contributed by atoms with Gasteiger partial charge in [-0.1, -0.05) is 98.6 Å². The summed E-state index contributed by atoms with van der Waals surface area (Å²) < 4.78 is 48.6. The van der Waals surface area contributed by atoms with E-state index in [4.69, 9.17) is 16.3 Å². The van der Waals surface area contributed by atoms with E-state index in [1.807, 2.05) is 40.7 Å². The first kappa shape index (κ1) is 86.7. The second kappa shape index (κ2) is 37.7. The lowest BCUT2D eigenvalue weighted by Gasteiger charge is -2.54. The van der Waals surface area contributed by atoms with Crippen molar-refractivity contribution in [1.82, 2.24) is 60.0 Å². The van der Waals surface area contributed by atoms with Crippen molar-refractivity contribution in [1.29, 1.82) is 0 Å². The summed E-state index contributed by atoms with van der Waals surface area (Å²) in [6.45, 7) is 14.0. The van der Waals surface area contributed by atoms with Crippen LogP contribution in [0.3, 0.4) is 0 Å². The zero-order chi connectivity index (χ0) is 78.6. The first-order valence-corrected chi connectivity index (χ1v) is 39.5. The Labute approximate surface area is 631 Å². The molecule has 3 heterocycles. The van der Waals surface area contributed by atoms with Gasteiger partial charge >= 0.3 is 6.18 Å². The molecule has 12 amide bonds. The SMILES string of the molecule is CCC[C@H]1C(=O)N[C@@H](CC(C)C)C(=O)N(CC)CC(=O)N(C)[C@H]2C/C=C\CCN(C2=O)[C@@H](CC2CCC(C)CC2)C(=O)N(C)CC(=O)N[C@@H](CCC2CCC(C(F)(F)F)C(Cl)C2)C(=O)N2C[C@H](OCC)C[C@H]2C(=O)NC2(CC(C)(C)C2)C(=O)N(C)[C@@H](C2CCCC2)C(=O)N(C)[C@H](C(=O)N(C)C)CC(=O)N1C. The molecule has 2 bridgehead atoms. The van der Waals surface area contributed by atoms with Gasteiger partial charge in [-0.05, 0) is 139 Å². The molecule has 0 aromatic rings. The Balaban J connectivity index is 1.33. The second-order valence-corrected chi connectivity index (χ2v) is 33.8. The summed E-state index contributed by atoms with van der Waals surface area (Å²) in [5.74, 6) is -10.1. The number of likely N-dealkylation sites (N-methyl/N-ethyl adjacent to an activating group) is 7. The Morgan fingerprint density at radius 1 is 0.689 bits per heavy atom. The number of ether oxygens (including phenoxy) is 1. The Morgan fingerprint density at radius 2 is 1.34 bits per heavy atom. The van der Waals surface area contributed by atoms with Crippen LogP contribution in [0.5, 0.6) is 0 Å². The highest BCUT2D eigenvalue weighted by molar-refractivity contribution is 6.21. The van der Waals surface area contributed by atoms with Crippen LogP contribution in [0.2, 0.25) is 0 Å². The number of nitrogens with zero attached hydrogens (tertiary/aromatic N) is 9. The lowest BCUT2D eigenvalue weighted by atomic mass is 9.58. The maximum Gasteiger partial charge on any atom is 0.393 e. The second-order valence-electron chi connectivity index (χ2n) is 33.2. The summed E-state index contributed by atoms with van der Waals surface area (Å²) in [7, 11) is 10.2. The molecule has 0 aromatic carbocycles. The number of hydrogen-bond acceptors (Lipinski definition) is 13. The van der Waals surface area contributed by atoms with Crippen LogP contribution < -0.4 is 16.0 Å². The molecule has 4 saturated carbocycles. The summed E-state index contributed by atoms with van der Waals surface area (Å²) in [6.07, 6.45) is 4.99. The van der Waals surface area contributed by atoms with Crippen LogP contribution in [-0.2, 0) is 62.3 Å². The van der Waals surface area contributed by atoms with E-state index in [0.717, 1.165) is 38.5 Å². The highest BCUT2D eigenvalue weighted by atomic mass is 35.5. The van der Waals surface area contributed by atoms with Gasteiger partial charge in [0.2, 0.25) is 70.9 Å². The van der Waals surface area contributed by atoms with Crippen LogP contribution in [0, 0.1) is 40.9 Å². The molecule has 3 aliphatic heterocycles. The number of carbonyl (C=O) groups excluding carboxylic acids is 12. The Hall–Kier alpha value is -6.58. The van der Waals surface area contributed by atoms with Gasteiger partial charge in [-0.25, -0.2) is 0 Å². The molecule has 2 saturated heterocycles. The molecule has 25 nitrogen and oxygen atoms in total. The third-order valence-electron chi connectivity index (χ3n) is 23.8. The fourth-order valence-corrected chi connectivity index (χ4v) is 18.4. The predicted molar refractivity (Wildman–Crippen MR) is 394 cm³/mol. The van der Waals surface area contributed by atoms with E-state index < -0.39 is 185 Å². The molecular weight excluding hydrogens is 1390 g/mol. The molecule has 7 rings (SSSR count). The van der Waals surface area contributed by atoms with Gasteiger partial charge in [-0.2, -0.15) is 13.2 Å². The summed E-state index contributed by atoms with van der Waals surface area (Å²) >= 11 is 6.47. The number of rotatable bonds is 14. The maximum atomic E-state index is 15.8. The zero-order valence-corrected chi connectivity index (χ0v) is 66.5. The van der Waals surface area contributed by atoms with Gasteiger partial charge in [0.05, 0.1) is 31.5 Å². The Bertz CT molecular complexity index is 3150. The largest absolute Gasteiger partial charge is 0.393 e. The number of fused-ring (bicyclic) bond motifs is 3. The third kappa shape index (κ3) is 21.5. The molecule has 598 valence electrons. The zero-order valence-electron chi connectivity index (χ0n) is 65.7. The standard InChI is InChI=1S/C77H124ClF3N12O13/c1-16-24-57-66(97)83-56(37-47(4)5)68(99)91(17-2)44-64(96)88(13)58-27-20-19-23-36-92(72(58)103)61(39-50-30-28-48(6)29-31-50)71(102)86(11)43-62(94)82-55(35-33-49-32-34-53(54(78)38-49)77(79,80)81)69(100)93-42-52(106-18-3)40-59(93)67(98)84-76(45-75(7,8)46-76)74(105)90(15)65(51-25-21-22-26-51)73(104)89(14)60(70(101)85(9)10)41-63(95)87(57)12/h19-20,47-61,65H,16-18,21-46H2,1-15H3,(H,82,94)(H,83,97)(H,84,98)/b20-19-/t48?,49?,50?,52-,53?,54?,55+,56+,57+,58+,59+,60+,61+,65+/m1/s1. The molecule has 1 spiro atoms. The lowest BCUT2D eigenvalue weighted by molar-refractivity contribution is -0.182. The minimum Gasteiger partial charge on any atom is -0.377 e. The van der Waals surface area contributed by atoms with E-state index >= 15 is 28.8 Å². The minimum absolute atomic E-state index is 0.00545.